The highest BCUT2D eigenvalue weighted by molar-refractivity contribution is 5.91. The fourth-order valence-corrected chi connectivity index (χ4v) is 2.97. The standard InChI is InChI=1S/C21H33N3O2/c1-3-18-26-20-9-6-19(7-10-20)8-11-21(25)22-12-5-13-24-16-14-23(4-2)15-17-24/h6-11H,3-5,12-18H2,1-2H3,(H,22,25)/b11-8+. The van der Waals surface area contributed by atoms with Crippen LogP contribution in [-0.2, 0) is 4.79 Å². The summed E-state index contributed by atoms with van der Waals surface area (Å²) in [4.78, 5) is 16.9. The van der Waals surface area contributed by atoms with Crippen LogP contribution in [0.15, 0.2) is 30.3 Å². The average Bonchev–Trinajstić information content (AvgIpc) is 2.69. The highest BCUT2D eigenvalue weighted by atomic mass is 16.5. The molecular formula is C21H33N3O2. The van der Waals surface area contributed by atoms with E-state index in [1.165, 1.54) is 0 Å². The zero-order valence-electron chi connectivity index (χ0n) is 16.2. The molecule has 0 bridgehead atoms. The lowest BCUT2D eigenvalue weighted by atomic mass is 10.2. The van der Waals surface area contributed by atoms with Crippen molar-refractivity contribution in [2.24, 2.45) is 0 Å². The van der Waals surface area contributed by atoms with Crippen LogP contribution in [0.5, 0.6) is 5.75 Å². The lowest BCUT2D eigenvalue weighted by molar-refractivity contribution is -0.116. The third-order valence-corrected chi connectivity index (χ3v) is 4.64. The van der Waals surface area contributed by atoms with Crippen molar-refractivity contribution < 1.29 is 9.53 Å². The molecule has 1 aromatic rings. The second-order valence-electron chi connectivity index (χ2n) is 6.67. The number of rotatable bonds is 10. The molecule has 0 spiro atoms. The van der Waals surface area contributed by atoms with Gasteiger partial charge in [-0.1, -0.05) is 26.0 Å². The summed E-state index contributed by atoms with van der Waals surface area (Å²) in [6, 6.07) is 7.80. The first-order valence-electron chi connectivity index (χ1n) is 9.84. The van der Waals surface area contributed by atoms with Gasteiger partial charge < -0.3 is 19.9 Å². The molecule has 0 radical (unpaired) electrons. The summed E-state index contributed by atoms with van der Waals surface area (Å²) in [5.41, 5.74) is 0.998. The summed E-state index contributed by atoms with van der Waals surface area (Å²) in [5.74, 6) is 0.834. The first-order chi connectivity index (χ1) is 12.7. The number of nitrogens with one attached hydrogen (secondary N) is 1. The van der Waals surface area contributed by atoms with Crippen molar-refractivity contribution in [2.75, 3.05) is 52.4 Å². The molecular weight excluding hydrogens is 326 g/mol. The van der Waals surface area contributed by atoms with Crippen LogP contribution in [0.4, 0.5) is 0 Å². The highest BCUT2D eigenvalue weighted by Gasteiger charge is 2.14. The molecule has 0 unspecified atom stereocenters. The third-order valence-electron chi connectivity index (χ3n) is 4.64. The summed E-state index contributed by atoms with van der Waals surface area (Å²) >= 11 is 0. The van der Waals surface area contributed by atoms with E-state index in [0.29, 0.717) is 0 Å². The van der Waals surface area contributed by atoms with Crippen molar-refractivity contribution in [1.82, 2.24) is 15.1 Å². The van der Waals surface area contributed by atoms with Crippen LogP contribution in [0, 0.1) is 0 Å². The van der Waals surface area contributed by atoms with Crippen LogP contribution >= 0.6 is 0 Å². The van der Waals surface area contributed by atoms with E-state index >= 15 is 0 Å². The van der Waals surface area contributed by atoms with Gasteiger partial charge in [0.2, 0.25) is 5.91 Å². The van der Waals surface area contributed by atoms with E-state index in [1.54, 1.807) is 6.08 Å². The normalized spacial score (nSPS) is 16.1. The Balaban J connectivity index is 1.60. The quantitative estimate of drug-likeness (QED) is 0.515. The summed E-state index contributed by atoms with van der Waals surface area (Å²) in [5, 5.41) is 2.96. The molecule has 0 saturated carbocycles. The van der Waals surface area contributed by atoms with Crippen molar-refractivity contribution >= 4 is 12.0 Å². The number of likely N-dealkylation sites (N-methyl/N-ethyl adjacent to an activating group) is 1. The fourth-order valence-electron chi connectivity index (χ4n) is 2.97. The van der Waals surface area contributed by atoms with Gasteiger partial charge in [-0.25, -0.2) is 0 Å². The second-order valence-corrected chi connectivity index (χ2v) is 6.67. The topological polar surface area (TPSA) is 44.8 Å². The van der Waals surface area contributed by atoms with Crippen LogP contribution in [0.3, 0.4) is 0 Å². The van der Waals surface area contributed by atoms with Gasteiger partial charge in [0.05, 0.1) is 6.61 Å². The molecule has 1 aliphatic rings. The van der Waals surface area contributed by atoms with Crippen LogP contribution < -0.4 is 10.1 Å². The van der Waals surface area contributed by atoms with E-state index in [0.717, 1.165) is 76.6 Å². The number of ether oxygens (including phenoxy) is 1. The number of carbonyl (C=O) groups is 1. The Hall–Kier alpha value is -1.85. The Morgan fingerprint density at radius 3 is 2.46 bits per heavy atom. The first-order valence-corrected chi connectivity index (χ1v) is 9.84. The Kier molecular flexibility index (Phi) is 9.21. The van der Waals surface area contributed by atoms with E-state index in [9.17, 15) is 4.79 Å². The smallest absolute Gasteiger partial charge is 0.243 e. The highest BCUT2D eigenvalue weighted by Crippen LogP contribution is 2.13. The molecule has 0 aliphatic carbocycles. The summed E-state index contributed by atoms with van der Waals surface area (Å²) in [7, 11) is 0. The van der Waals surface area contributed by atoms with Crippen LogP contribution in [-0.4, -0.2) is 68.1 Å². The Morgan fingerprint density at radius 2 is 1.81 bits per heavy atom. The van der Waals surface area contributed by atoms with Crippen molar-refractivity contribution in [3.63, 3.8) is 0 Å². The predicted molar refractivity (Wildman–Crippen MR) is 107 cm³/mol. The van der Waals surface area contributed by atoms with Gasteiger partial charge in [0.25, 0.3) is 0 Å². The Morgan fingerprint density at radius 1 is 1.12 bits per heavy atom. The van der Waals surface area contributed by atoms with Gasteiger partial charge in [0.1, 0.15) is 5.75 Å². The molecule has 1 fully saturated rings. The molecule has 1 aliphatic heterocycles. The number of hydrogen-bond donors (Lipinski definition) is 1. The molecule has 5 heteroatoms. The minimum atomic E-state index is -0.0351. The minimum Gasteiger partial charge on any atom is -0.494 e. The number of carbonyl (C=O) groups excluding carboxylic acids is 1. The van der Waals surface area contributed by atoms with E-state index in [-0.39, 0.29) is 5.91 Å². The first kappa shape index (κ1) is 20.5. The molecule has 5 nitrogen and oxygen atoms in total. The zero-order valence-corrected chi connectivity index (χ0v) is 16.2. The molecule has 0 atom stereocenters. The van der Waals surface area contributed by atoms with Crippen molar-refractivity contribution in [2.45, 2.75) is 26.7 Å². The van der Waals surface area contributed by atoms with Gasteiger partial charge in [-0.2, -0.15) is 0 Å². The second kappa shape index (κ2) is 11.7. The zero-order chi connectivity index (χ0) is 18.6. The molecule has 1 aromatic carbocycles. The number of hydrogen-bond acceptors (Lipinski definition) is 4. The molecule has 1 saturated heterocycles. The maximum atomic E-state index is 11.9. The van der Waals surface area contributed by atoms with Gasteiger partial charge >= 0.3 is 0 Å². The summed E-state index contributed by atoms with van der Waals surface area (Å²) in [6.07, 6.45) is 5.43. The largest absolute Gasteiger partial charge is 0.494 e. The molecule has 0 aromatic heterocycles. The minimum absolute atomic E-state index is 0.0351. The molecule has 1 heterocycles. The van der Waals surface area contributed by atoms with Crippen LogP contribution in [0.2, 0.25) is 0 Å². The summed E-state index contributed by atoms with van der Waals surface area (Å²) in [6.45, 7) is 12.6. The van der Waals surface area contributed by atoms with Gasteiger partial charge in [0.15, 0.2) is 0 Å². The number of benzene rings is 1. The summed E-state index contributed by atoms with van der Waals surface area (Å²) < 4.78 is 5.55. The number of amides is 1. The van der Waals surface area contributed by atoms with Crippen molar-refractivity contribution in [1.29, 1.82) is 0 Å². The maximum absolute atomic E-state index is 11.9. The van der Waals surface area contributed by atoms with E-state index in [2.05, 4.69) is 29.0 Å². The van der Waals surface area contributed by atoms with E-state index in [4.69, 9.17) is 4.74 Å². The van der Waals surface area contributed by atoms with Gasteiger partial charge in [-0.3, -0.25) is 4.79 Å². The van der Waals surface area contributed by atoms with Crippen molar-refractivity contribution in [3.05, 3.63) is 35.9 Å². The lowest BCUT2D eigenvalue weighted by Gasteiger charge is -2.33. The van der Waals surface area contributed by atoms with E-state index in [1.807, 2.05) is 30.3 Å². The molecule has 26 heavy (non-hydrogen) atoms. The van der Waals surface area contributed by atoms with Crippen LogP contribution in [0.1, 0.15) is 32.3 Å². The van der Waals surface area contributed by atoms with Gasteiger partial charge in [-0.15, -0.1) is 0 Å². The maximum Gasteiger partial charge on any atom is 0.243 e. The lowest BCUT2D eigenvalue weighted by Crippen LogP contribution is -2.46. The van der Waals surface area contributed by atoms with Gasteiger partial charge in [0, 0.05) is 38.8 Å². The number of piperazine rings is 1. The Labute approximate surface area is 158 Å². The van der Waals surface area contributed by atoms with E-state index < -0.39 is 0 Å². The SMILES string of the molecule is CCCOc1ccc(/C=C/C(=O)NCCCN2CCN(CC)CC2)cc1. The van der Waals surface area contributed by atoms with Crippen molar-refractivity contribution in [3.8, 4) is 5.75 Å². The monoisotopic (exact) mass is 359 g/mol. The fraction of sp³-hybridized carbons (Fsp3) is 0.571. The molecule has 144 valence electrons. The molecule has 1 amide bonds. The molecule has 2 rings (SSSR count). The molecule has 1 N–H and O–H groups in total. The van der Waals surface area contributed by atoms with Gasteiger partial charge in [-0.05, 0) is 49.7 Å². The van der Waals surface area contributed by atoms with Crippen LogP contribution in [0.25, 0.3) is 6.08 Å². The Bertz CT molecular complexity index is 549. The third kappa shape index (κ3) is 7.58. The predicted octanol–water partition coefficient (Wildman–Crippen LogP) is 2.63. The number of nitrogens with zero attached hydrogens (tertiary/aromatic N) is 2. The average molecular weight is 360 g/mol.